The molecule has 0 rings (SSSR count). The number of nitrogens with one attached hydrogen (secondary N) is 2. The van der Waals surface area contributed by atoms with Crippen LogP contribution in [0, 0.1) is 5.41 Å². The van der Waals surface area contributed by atoms with Gasteiger partial charge < -0.3 is 15.4 Å². The minimum absolute atomic E-state index is 0.238. The van der Waals surface area contributed by atoms with Crippen molar-refractivity contribution in [2.75, 3.05) is 13.1 Å². The van der Waals surface area contributed by atoms with Crippen LogP contribution in [0.15, 0.2) is 0 Å². The third kappa shape index (κ3) is 11.5. The van der Waals surface area contributed by atoms with Crippen LogP contribution >= 0.6 is 0 Å². The SMILES string of the molecule is CC(CNC(=O)OC(C)(C)C)NCC(C)(C)C. The Balaban J connectivity index is 3.77. The van der Waals surface area contributed by atoms with Crippen LogP contribution in [-0.4, -0.2) is 30.8 Å². The largest absolute Gasteiger partial charge is 0.444 e. The molecule has 1 amide bonds. The Bertz CT molecular complexity index is 239. The lowest BCUT2D eigenvalue weighted by Crippen LogP contribution is -2.43. The number of ether oxygens (including phenoxy) is 1. The maximum atomic E-state index is 11.4. The number of carbonyl (C=O) groups excluding carboxylic acids is 1. The molecule has 0 saturated heterocycles. The molecule has 0 aliphatic heterocycles. The third-order valence-electron chi connectivity index (χ3n) is 1.93. The van der Waals surface area contributed by atoms with Gasteiger partial charge in [0.25, 0.3) is 0 Å². The van der Waals surface area contributed by atoms with E-state index < -0.39 is 5.60 Å². The summed E-state index contributed by atoms with van der Waals surface area (Å²) < 4.78 is 5.16. The minimum atomic E-state index is -0.438. The highest BCUT2D eigenvalue weighted by Crippen LogP contribution is 2.10. The highest BCUT2D eigenvalue weighted by atomic mass is 16.6. The molecule has 0 aliphatic rings. The van der Waals surface area contributed by atoms with E-state index in [9.17, 15) is 4.79 Å². The highest BCUT2D eigenvalue weighted by Gasteiger charge is 2.17. The monoisotopic (exact) mass is 244 g/mol. The number of alkyl carbamates (subject to hydrolysis) is 1. The van der Waals surface area contributed by atoms with Crippen LogP contribution in [-0.2, 0) is 4.74 Å². The van der Waals surface area contributed by atoms with Crippen molar-refractivity contribution in [2.45, 2.75) is 60.1 Å². The smallest absolute Gasteiger partial charge is 0.407 e. The van der Waals surface area contributed by atoms with Crippen molar-refractivity contribution in [2.24, 2.45) is 5.41 Å². The molecule has 4 heteroatoms. The molecule has 1 unspecified atom stereocenters. The maximum absolute atomic E-state index is 11.4. The molecule has 0 aromatic carbocycles. The van der Waals surface area contributed by atoms with Gasteiger partial charge in [-0.2, -0.15) is 0 Å². The molecule has 1 atom stereocenters. The summed E-state index contributed by atoms with van der Waals surface area (Å²) in [6.07, 6.45) is -0.359. The van der Waals surface area contributed by atoms with Crippen LogP contribution in [0.5, 0.6) is 0 Å². The van der Waals surface area contributed by atoms with E-state index in [0.717, 1.165) is 6.54 Å². The number of hydrogen-bond acceptors (Lipinski definition) is 3. The number of amides is 1. The summed E-state index contributed by atoms with van der Waals surface area (Å²) in [7, 11) is 0. The summed E-state index contributed by atoms with van der Waals surface area (Å²) in [6, 6.07) is 0.238. The van der Waals surface area contributed by atoms with Crippen LogP contribution in [0.1, 0.15) is 48.5 Å². The van der Waals surface area contributed by atoms with Gasteiger partial charge in [0.1, 0.15) is 5.60 Å². The summed E-state index contributed by atoms with van der Waals surface area (Å²) >= 11 is 0. The van der Waals surface area contributed by atoms with E-state index in [1.54, 1.807) is 0 Å². The predicted octanol–water partition coefficient (Wildman–Crippen LogP) is 2.54. The third-order valence-corrected chi connectivity index (χ3v) is 1.93. The van der Waals surface area contributed by atoms with Crippen LogP contribution in [0.25, 0.3) is 0 Å². The summed E-state index contributed by atoms with van der Waals surface area (Å²) in [5.74, 6) is 0. The molecule has 0 aromatic heterocycles. The molecule has 0 aliphatic carbocycles. The Hall–Kier alpha value is -0.770. The molecule has 102 valence electrons. The molecule has 0 saturated carbocycles. The van der Waals surface area contributed by atoms with E-state index >= 15 is 0 Å². The van der Waals surface area contributed by atoms with E-state index in [0.29, 0.717) is 6.54 Å². The van der Waals surface area contributed by atoms with Gasteiger partial charge in [0.15, 0.2) is 0 Å². The minimum Gasteiger partial charge on any atom is -0.444 e. The number of carbonyl (C=O) groups is 1. The first-order valence-corrected chi connectivity index (χ1v) is 6.20. The first-order valence-electron chi connectivity index (χ1n) is 6.20. The van der Waals surface area contributed by atoms with Crippen LogP contribution in [0.3, 0.4) is 0 Å². The van der Waals surface area contributed by atoms with E-state index in [4.69, 9.17) is 4.74 Å². The zero-order chi connectivity index (χ0) is 13.7. The van der Waals surface area contributed by atoms with Crippen molar-refractivity contribution in [3.63, 3.8) is 0 Å². The zero-order valence-corrected chi connectivity index (χ0v) is 12.3. The number of rotatable bonds is 4. The van der Waals surface area contributed by atoms with E-state index in [-0.39, 0.29) is 17.6 Å². The van der Waals surface area contributed by atoms with Gasteiger partial charge in [-0.25, -0.2) is 4.79 Å². The standard InChI is InChI=1S/C13H28N2O2/c1-10(15-9-12(2,3)4)8-14-11(16)17-13(5,6)7/h10,15H,8-9H2,1-7H3,(H,14,16). The first-order chi connectivity index (χ1) is 7.49. The summed E-state index contributed by atoms with van der Waals surface area (Å²) in [5.41, 5.74) is -0.188. The fraction of sp³-hybridized carbons (Fsp3) is 0.923. The van der Waals surface area contributed by atoms with Gasteiger partial charge in [-0.3, -0.25) is 0 Å². The molecule has 0 aromatic rings. The Morgan fingerprint density at radius 3 is 2.12 bits per heavy atom. The molecule has 0 fully saturated rings. The second-order valence-corrected chi connectivity index (χ2v) is 6.73. The van der Waals surface area contributed by atoms with Crippen molar-refractivity contribution in [1.82, 2.24) is 10.6 Å². The van der Waals surface area contributed by atoms with Gasteiger partial charge in [-0.05, 0) is 33.1 Å². The summed E-state index contributed by atoms with van der Waals surface area (Å²) in [5, 5.41) is 6.12. The van der Waals surface area contributed by atoms with Crippen LogP contribution in [0.2, 0.25) is 0 Å². The average Bonchev–Trinajstić information content (AvgIpc) is 2.07. The van der Waals surface area contributed by atoms with Gasteiger partial charge in [0.2, 0.25) is 0 Å². The van der Waals surface area contributed by atoms with Gasteiger partial charge >= 0.3 is 6.09 Å². The quantitative estimate of drug-likeness (QED) is 0.799. The van der Waals surface area contributed by atoms with E-state index in [1.807, 2.05) is 27.7 Å². The van der Waals surface area contributed by atoms with E-state index in [2.05, 4.69) is 31.4 Å². The van der Waals surface area contributed by atoms with Crippen molar-refractivity contribution < 1.29 is 9.53 Å². The molecular formula is C13H28N2O2. The van der Waals surface area contributed by atoms with Crippen molar-refractivity contribution >= 4 is 6.09 Å². The topological polar surface area (TPSA) is 50.4 Å². The van der Waals surface area contributed by atoms with Crippen molar-refractivity contribution in [3.05, 3.63) is 0 Å². The summed E-state index contributed by atoms with van der Waals surface area (Å²) in [6.45, 7) is 15.6. The predicted molar refractivity (Wildman–Crippen MR) is 71.2 cm³/mol. The van der Waals surface area contributed by atoms with Crippen LogP contribution in [0.4, 0.5) is 4.79 Å². The Labute approximate surface area is 105 Å². The van der Waals surface area contributed by atoms with Crippen LogP contribution < -0.4 is 10.6 Å². The van der Waals surface area contributed by atoms with Gasteiger partial charge in [-0.15, -0.1) is 0 Å². The second kappa shape index (κ2) is 6.24. The average molecular weight is 244 g/mol. The van der Waals surface area contributed by atoms with E-state index in [1.165, 1.54) is 0 Å². The maximum Gasteiger partial charge on any atom is 0.407 e. The fourth-order valence-electron chi connectivity index (χ4n) is 1.10. The second-order valence-electron chi connectivity index (χ2n) is 6.73. The first kappa shape index (κ1) is 16.2. The lowest BCUT2D eigenvalue weighted by molar-refractivity contribution is 0.0523. The molecule has 4 nitrogen and oxygen atoms in total. The Kier molecular flexibility index (Phi) is 5.96. The highest BCUT2D eigenvalue weighted by molar-refractivity contribution is 5.67. The van der Waals surface area contributed by atoms with Gasteiger partial charge in [-0.1, -0.05) is 20.8 Å². The molecule has 0 spiro atoms. The molecular weight excluding hydrogens is 216 g/mol. The molecule has 17 heavy (non-hydrogen) atoms. The van der Waals surface area contributed by atoms with Gasteiger partial charge in [0, 0.05) is 19.1 Å². The molecule has 0 radical (unpaired) electrons. The number of hydrogen-bond donors (Lipinski definition) is 2. The molecule has 0 heterocycles. The molecule has 0 bridgehead atoms. The molecule has 2 N–H and O–H groups in total. The van der Waals surface area contributed by atoms with Crippen molar-refractivity contribution in [3.8, 4) is 0 Å². The summed E-state index contributed by atoms with van der Waals surface area (Å²) in [4.78, 5) is 11.4. The lowest BCUT2D eigenvalue weighted by atomic mass is 9.97. The normalized spacial score (nSPS) is 14.3. The lowest BCUT2D eigenvalue weighted by Gasteiger charge is -2.24. The Morgan fingerprint density at radius 2 is 1.71 bits per heavy atom. The zero-order valence-electron chi connectivity index (χ0n) is 12.3. The van der Waals surface area contributed by atoms with Gasteiger partial charge in [0.05, 0.1) is 0 Å². The Morgan fingerprint density at radius 1 is 1.18 bits per heavy atom. The fourth-order valence-corrected chi connectivity index (χ4v) is 1.10. The van der Waals surface area contributed by atoms with Crippen molar-refractivity contribution in [1.29, 1.82) is 0 Å².